The number of hydrogen-bond acceptors (Lipinski definition) is 5. The fourth-order valence-corrected chi connectivity index (χ4v) is 2.87. The highest BCUT2D eigenvalue weighted by molar-refractivity contribution is 5.94. The van der Waals surface area contributed by atoms with E-state index in [9.17, 15) is 9.90 Å². The number of fused-ring (bicyclic) bond motifs is 1. The molecule has 1 amide bonds. The molecule has 0 saturated heterocycles. The van der Waals surface area contributed by atoms with Gasteiger partial charge in [0, 0.05) is 32.4 Å². The van der Waals surface area contributed by atoms with Crippen LogP contribution in [0, 0.1) is 0 Å². The number of aliphatic hydroxyl groups is 1. The minimum absolute atomic E-state index is 0.0648. The van der Waals surface area contributed by atoms with Crippen molar-refractivity contribution in [3.8, 4) is 0 Å². The highest BCUT2D eigenvalue weighted by atomic mass is 16.3. The molecule has 2 heterocycles. The maximum absolute atomic E-state index is 12.1. The molecule has 0 aliphatic carbocycles. The van der Waals surface area contributed by atoms with E-state index in [1.807, 2.05) is 12.1 Å². The highest BCUT2D eigenvalue weighted by Crippen LogP contribution is 2.17. The number of nitrogens with one attached hydrogen (secondary N) is 3. The van der Waals surface area contributed by atoms with E-state index < -0.39 is 6.10 Å². The Balaban J connectivity index is 1.53. The molecule has 0 spiro atoms. The zero-order chi connectivity index (χ0) is 16.9. The number of carbonyl (C=O) groups is 1. The van der Waals surface area contributed by atoms with Gasteiger partial charge in [-0.1, -0.05) is 24.3 Å². The lowest BCUT2D eigenvalue weighted by Crippen LogP contribution is -2.49. The van der Waals surface area contributed by atoms with Crippen molar-refractivity contribution in [2.24, 2.45) is 0 Å². The predicted molar refractivity (Wildman–Crippen MR) is 92.9 cm³/mol. The molecule has 0 fully saturated rings. The van der Waals surface area contributed by atoms with E-state index in [1.54, 1.807) is 19.2 Å². The summed E-state index contributed by atoms with van der Waals surface area (Å²) in [6.45, 7) is 0.938. The highest BCUT2D eigenvalue weighted by Gasteiger charge is 2.24. The Hall–Kier alpha value is -2.44. The largest absolute Gasteiger partial charge is 0.390 e. The van der Waals surface area contributed by atoms with Crippen molar-refractivity contribution in [2.45, 2.75) is 25.1 Å². The molecular formula is C18H22N4O2. The topological polar surface area (TPSA) is 86.3 Å². The summed E-state index contributed by atoms with van der Waals surface area (Å²) in [5.41, 5.74) is 2.99. The van der Waals surface area contributed by atoms with Crippen LogP contribution in [-0.4, -0.2) is 41.7 Å². The van der Waals surface area contributed by atoms with Gasteiger partial charge >= 0.3 is 0 Å². The number of hydrogen-bond donors (Lipinski definition) is 4. The van der Waals surface area contributed by atoms with E-state index in [-0.39, 0.29) is 18.5 Å². The van der Waals surface area contributed by atoms with Gasteiger partial charge in [-0.05, 0) is 29.7 Å². The van der Waals surface area contributed by atoms with Crippen LogP contribution < -0.4 is 16.0 Å². The lowest BCUT2D eigenvalue weighted by atomic mass is 9.93. The molecule has 1 aromatic carbocycles. The van der Waals surface area contributed by atoms with Crippen LogP contribution in [0.3, 0.4) is 0 Å². The molecular weight excluding hydrogens is 304 g/mol. The minimum Gasteiger partial charge on any atom is -0.390 e. The second-order valence-corrected chi connectivity index (χ2v) is 5.92. The van der Waals surface area contributed by atoms with E-state index in [4.69, 9.17) is 0 Å². The Kier molecular flexibility index (Phi) is 5.08. The average Bonchev–Trinajstić information content (AvgIpc) is 2.65. The van der Waals surface area contributed by atoms with Gasteiger partial charge in [-0.15, -0.1) is 0 Å². The van der Waals surface area contributed by atoms with Crippen LogP contribution in [0.4, 0.5) is 5.82 Å². The van der Waals surface area contributed by atoms with Crippen molar-refractivity contribution >= 4 is 11.7 Å². The number of benzene rings is 1. The number of nitrogens with zero attached hydrogens (tertiary/aromatic N) is 1. The first kappa shape index (κ1) is 16.4. The second kappa shape index (κ2) is 7.42. The number of anilines is 1. The zero-order valence-corrected chi connectivity index (χ0v) is 13.6. The molecule has 0 saturated carbocycles. The van der Waals surface area contributed by atoms with Crippen LogP contribution in [0.25, 0.3) is 0 Å². The molecule has 6 heteroatoms. The smallest absolute Gasteiger partial charge is 0.252 e. The first-order chi connectivity index (χ1) is 11.7. The molecule has 1 unspecified atom stereocenters. The van der Waals surface area contributed by atoms with Crippen LogP contribution in [0.1, 0.15) is 21.5 Å². The molecule has 0 bridgehead atoms. The summed E-state index contributed by atoms with van der Waals surface area (Å²) in [5.74, 6) is 0.470. The standard InChI is InChI=1S/C18H22N4O2/c1-19-17-7-6-14(10-21-17)18(24)22-11-16(23)15-8-12-4-2-3-5-13(12)9-20-15/h2-7,10,15-16,20,23H,8-9,11H2,1H3,(H,19,21)(H,22,24)/t15-,16?/m0/s1. The molecule has 24 heavy (non-hydrogen) atoms. The second-order valence-electron chi connectivity index (χ2n) is 5.92. The van der Waals surface area contributed by atoms with Crippen molar-refractivity contribution < 1.29 is 9.90 Å². The number of aromatic nitrogens is 1. The van der Waals surface area contributed by atoms with Gasteiger partial charge in [0.05, 0.1) is 11.7 Å². The summed E-state index contributed by atoms with van der Waals surface area (Å²) in [5, 5.41) is 19.4. The molecule has 3 rings (SSSR count). The summed E-state index contributed by atoms with van der Waals surface area (Å²) in [4.78, 5) is 16.2. The van der Waals surface area contributed by atoms with Crippen LogP contribution >= 0.6 is 0 Å². The van der Waals surface area contributed by atoms with Gasteiger partial charge in [0.15, 0.2) is 0 Å². The van der Waals surface area contributed by atoms with Gasteiger partial charge in [-0.3, -0.25) is 4.79 Å². The van der Waals surface area contributed by atoms with E-state index in [0.717, 1.165) is 13.0 Å². The molecule has 2 aromatic rings. The Labute approximate surface area is 141 Å². The third kappa shape index (κ3) is 3.72. The number of pyridine rings is 1. The van der Waals surface area contributed by atoms with Gasteiger partial charge in [0.2, 0.25) is 0 Å². The van der Waals surface area contributed by atoms with Crippen molar-refractivity contribution in [1.82, 2.24) is 15.6 Å². The molecule has 1 aromatic heterocycles. The Morgan fingerprint density at radius 1 is 1.33 bits per heavy atom. The van der Waals surface area contributed by atoms with E-state index >= 15 is 0 Å². The summed E-state index contributed by atoms with van der Waals surface area (Å²) in [6.07, 6.45) is 1.63. The van der Waals surface area contributed by atoms with Crippen LogP contribution in [0.15, 0.2) is 42.6 Å². The average molecular weight is 326 g/mol. The minimum atomic E-state index is -0.646. The molecule has 1 aliphatic rings. The summed E-state index contributed by atoms with van der Waals surface area (Å²) in [6, 6.07) is 11.6. The molecule has 1 aliphatic heterocycles. The van der Waals surface area contributed by atoms with E-state index in [0.29, 0.717) is 11.4 Å². The maximum atomic E-state index is 12.1. The molecule has 6 nitrogen and oxygen atoms in total. The fourth-order valence-electron chi connectivity index (χ4n) is 2.87. The van der Waals surface area contributed by atoms with Crippen molar-refractivity contribution in [3.05, 3.63) is 59.3 Å². The van der Waals surface area contributed by atoms with Crippen LogP contribution in [0.2, 0.25) is 0 Å². The van der Waals surface area contributed by atoms with Gasteiger partial charge in [0.25, 0.3) is 5.91 Å². The third-order valence-corrected chi connectivity index (χ3v) is 4.33. The van der Waals surface area contributed by atoms with Crippen molar-refractivity contribution in [3.63, 3.8) is 0 Å². The molecule has 2 atom stereocenters. The number of amides is 1. The van der Waals surface area contributed by atoms with Gasteiger partial charge < -0.3 is 21.1 Å². The number of rotatable bonds is 5. The van der Waals surface area contributed by atoms with Gasteiger partial charge in [-0.2, -0.15) is 0 Å². The van der Waals surface area contributed by atoms with E-state index in [2.05, 4.69) is 33.1 Å². The van der Waals surface area contributed by atoms with Crippen LogP contribution in [0.5, 0.6) is 0 Å². The lowest BCUT2D eigenvalue weighted by molar-refractivity contribution is 0.0869. The first-order valence-electron chi connectivity index (χ1n) is 8.07. The number of aliphatic hydroxyl groups excluding tert-OH is 1. The third-order valence-electron chi connectivity index (χ3n) is 4.33. The molecule has 0 radical (unpaired) electrons. The molecule has 126 valence electrons. The SMILES string of the molecule is CNc1ccc(C(=O)NCC(O)[C@@H]2Cc3ccccc3CN2)cn1. The first-order valence-corrected chi connectivity index (χ1v) is 8.07. The van der Waals surface area contributed by atoms with E-state index in [1.165, 1.54) is 17.3 Å². The predicted octanol–water partition coefficient (Wildman–Crippen LogP) is 0.928. The summed E-state index contributed by atoms with van der Waals surface area (Å²) in [7, 11) is 1.77. The quantitative estimate of drug-likeness (QED) is 0.657. The van der Waals surface area contributed by atoms with Crippen molar-refractivity contribution in [2.75, 3.05) is 18.9 Å². The molecule has 4 N–H and O–H groups in total. The Morgan fingerprint density at radius 2 is 2.12 bits per heavy atom. The van der Waals surface area contributed by atoms with Crippen LogP contribution in [-0.2, 0) is 13.0 Å². The van der Waals surface area contributed by atoms with Gasteiger partial charge in [0.1, 0.15) is 5.82 Å². The monoisotopic (exact) mass is 326 g/mol. The van der Waals surface area contributed by atoms with Gasteiger partial charge in [-0.25, -0.2) is 4.98 Å². The Bertz CT molecular complexity index is 702. The fraction of sp³-hybridized carbons (Fsp3) is 0.333. The van der Waals surface area contributed by atoms with Crippen molar-refractivity contribution in [1.29, 1.82) is 0 Å². The summed E-state index contributed by atoms with van der Waals surface area (Å²) < 4.78 is 0. The Morgan fingerprint density at radius 3 is 2.83 bits per heavy atom. The zero-order valence-electron chi connectivity index (χ0n) is 13.6. The lowest BCUT2D eigenvalue weighted by Gasteiger charge is -2.30. The normalized spacial score (nSPS) is 17.7. The summed E-state index contributed by atoms with van der Waals surface area (Å²) >= 11 is 0. The number of carbonyl (C=O) groups excluding carboxylic acids is 1. The maximum Gasteiger partial charge on any atom is 0.252 e.